The molecule has 6 heteroatoms. The highest BCUT2D eigenvalue weighted by atomic mass is 16.5. The minimum Gasteiger partial charge on any atom is -0.455 e. The highest BCUT2D eigenvalue weighted by molar-refractivity contribution is 5.39. The molecule has 27 heavy (non-hydrogen) atoms. The fourth-order valence-corrected chi connectivity index (χ4v) is 3.58. The number of rotatable bonds is 5. The molecule has 0 bridgehead atoms. The lowest BCUT2D eigenvalue weighted by Crippen LogP contribution is -2.42. The van der Waals surface area contributed by atoms with E-state index in [1.54, 1.807) is 18.6 Å². The zero-order chi connectivity index (χ0) is 18.7. The fourth-order valence-electron chi connectivity index (χ4n) is 3.58. The van der Waals surface area contributed by atoms with Gasteiger partial charge < -0.3 is 9.84 Å². The number of pyridine rings is 1. The Morgan fingerprint density at radius 1 is 1.19 bits per heavy atom. The average molecular weight is 364 g/mol. The largest absolute Gasteiger partial charge is 0.455 e. The van der Waals surface area contributed by atoms with E-state index in [9.17, 15) is 5.11 Å². The predicted molar refractivity (Wildman–Crippen MR) is 102 cm³/mol. The van der Waals surface area contributed by atoms with Crippen LogP contribution < -0.4 is 4.74 Å². The van der Waals surface area contributed by atoms with Crippen LogP contribution in [0.15, 0.2) is 55.0 Å². The standard InChI is InChI=1S/C21H24N4O2/c1-16-13-17(4-5-19(16)27-18-3-2-9-22-14-18)15-25-11-7-21(26,8-12-25)20-6-10-23-24-20/h2-6,9-10,13-14,26H,7-8,11-12,15H2,1H3,(H,23,24). The van der Waals surface area contributed by atoms with Gasteiger partial charge in [0, 0.05) is 32.0 Å². The zero-order valence-corrected chi connectivity index (χ0v) is 15.4. The van der Waals surface area contributed by atoms with E-state index < -0.39 is 5.60 Å². The van der Waals surface area contributed by atoms with Crippen LogP contribution in [-0.2, 0) is 12.1 Å². The Morgan fingerprint density at radius 3 is 2.70 bits per heavy atom. The van der Waals surface area contributed by atoms with E-state index in [1.165, 1.54) is 5.56 Å². The number of aryl methyl sites for hydroxylation is 1. The molecule has 6 nitrogen and oxygen atoms in total. The summed E-state index contributed by atoms with van der Waals surface area (Å²) >= 11 is 0. The number of piperidine rings is 1. The van der Waals surface area contributed by atoms with Gasteiger partial charge in [-0.15, -0.1) is 0 Å². The lowest BCUT2D eigenvalue weighted by atomic mass is 9.88. The minimum atomic E-state index is -0.787. The molecule has 3 aromatic rings. The number of hydrogen-bond donors (Lipinski definition) is 2. The Hall–Kier alpha value is -2.70. The molecule has 0 aliphatic carbocycles. The Bertz CT molecular complexity index is 872. The highest BCUT2D eigenvalue weighted by Gasteiger charge is 2.35. The van der Waals surface area contributed by atoms with Crippen molar-refractivity contribution in [3.05, 3.63) is 71.8 Å². The second-order valence-electron chi connectivity index (χ2n) is 7.17. The highest BCUT2D eigenvalue weighted by Crippen LogP contribution is 2.32. The number of aromatic nitrogens is 3. The summed E-state index contributed by atoms with van der Waals surface area (Å²) in [4.78, 5) is 6.45. The maximum atomic E-state index is 10.8. The van der Waals surface area contributed by atoms with E-state index in [0.29, 0.717) is 12.8 Å². The van der Waals surface area contributed by atoms with Gasteiger partial charge in [0.2, 0.25) is 0 Å². The normalized spacial score (nSPS) is 17.0. The van der Waals surface area contributed by atoms with E-state index in [4.69, 9.17) is 4.74 Å². The first-order valence-corrected chi connectivity index (χ1v) is 9.24. The van der Waals surface area contributed by atoms with Crippen LogP contribution in [0.2, 0.25) is 0 Å². The molecular weight excluding hydrogens is 340 g/mol. The molecule has 2 aromatic heterocycles. The molecule has 0 radical (unpaired) electrons. The summed E-state index contributed by atoms with van der Waals surface area (Å²) in [6.45, 7) is 4.63. The number of aliphatic hydroxyl groups is 1. The number of aromatic amines is 1. The molecule has 2 N–H and O–H groups in total. The number of H-pyrrole nitrogens is 1. The summed E-state index contributed by atoms with van der Waals surface area (Å²) in [5, 5.41) is 17.7. The Kier molecular flexibility index (Phi) is 4.92. The maximum absolute atomic E-state index is 10.8. The zero-order valence-electron chi connectivity index (χ0n) is 15.4. The van der Waals surface area contributed by atoms with E-state index >= 15 is 0 Å². The van der Waals surface area contributed by atoms with Crippen molar-refractivity contribution < 1.29 is 9.84 Å². The molecule has 1 saturated heterocycles. The van der Waals surface area contributed by atoms with Crippen molar-refractivity contribution in [3.63, 3.8) is 0 Å². The topological polar surface area (TPSA) is 74.3 Å². The third-order valence-electron chi connectivity index (χ3n) is 5.19. The molecule has 1 aromatic carbocycles. The van der Waals surface area contributed by atoms with Gasteiger partial charge in [0.25, 0.3) is 0 Å². The van der Waals surface area contributed by atoms with E-state index in [0.717, 1.165) is 42.4 Å². The van der Waals surface area contributed by atoms with Gasteiger partial charge in [-0.25, -0.2) is 0 Å². The molecule has 140 valence electrons. The van der Waals surface area contributed by atoms with Gasteiger partial charge in [-0.2, -0.15) is 5.10 Å². The molecule has 0 spiro atoms. The Labute approximate surface area is 158 Å². The van der Waals surface area contributed by atoms with Crippen LogP contribution in [0.4, 0.5) is 0 Å². The lowest BCUT2D eigenvalue weighted by molar-refractivity contribution is -0.0311. The predicted octanol–water partition coefficient (Wildman–Crippen LogP) is 3.39. The monoisotopic (exact) mass is 364 g/mol. The van der Waals surface area contributed by atoms with Crippen LogP contribution in [0, 0.1) is 6.92 Å². The van der Waals surface area contributed by atoms with Crippen molar-refractivity contribution >= 4 is 0 Å². The van der Waals surface area contributed by atoms with Gasteiger partial charge in [-0.05, 0) is 55.2 Å². The van der Waals surface area contributed by atoms with Gasteiger partial charge in [-0.3, -0.25) is 15.0 Å². The Balaban J connectivity index is 1.37. The van der Waals surface area contributed by atoms with Gasteiger partial charge in [-0.1, -0.05) is 12.1 Å². The molecular formula is C21H24N4O2. The Morgan fingerprint density at radius 2 is 2.04 bits per heavy atom. The second-order valence-corrected chi connectivity index (χ2v) is 7.17. The summed E-state index contributed by atoms with van der Waals surface area (Å²) in [6.07, 6.45) is 6.54. The van der Waals surface area contributed by atoms with Crippen molar-refractivity contribution in [1.29, 1.82) is 0 Å². The molecule has 3 heterocycles. The first kappa shape index (κ1) is 17.7. The quantitative estimate of drug-likeness (QED) is 0.726. The first-order valence-electron chi connectivity index (χ1n) is 9.24. The van der Waals surface area contributed by atoms with Crippen LogP contribution in [-0.4, -0.2) is 38.3 Å². The summed E-state index contributed by atoms with van der Waals surface area (Å²) in [7, 11) is 0. The maximum Gasteiger partial charge on any atom is 0.145 e. The van der Waals surface area contributed by atoms with Crippen molar-refractivity contribution in [3.8, 4) is 11.5 Å². The number of hydrogen-bond acceptors (Lipinski definition) is 5. The van der Waals surface area contributed by atoms with E-state index in [1.807, 2.05) is 24.3 Å². The van der Waals surface area contributed by atoms with Crippen LogP contribution in [0.3, 0.4) is 0 Å². The second kappa shape index (κ2) is 7.50. The number of ether oxygens (including phenoxy) is 1. The van der Waals surface area contributed by atoms with E-state index in [-0.39, 0.29) is 0 Å². The number of nitrogens with zero attached hydrogens (tertiary/aromatic N) is 3. The number of benzene rings is 1. The number of nitrogens with one attached hydrogen (secondary N) is 1. The molecule has 1 aliphatic rings. The smallest absolute Gasteiger partial charge is 0.145 e. The minimum absolute atomic E-state index is 0.705. The van der Waals surface area contributed by atoms with Crippen molar-refractivity contribution in [2.24, 2.45) is 0 Å². The van der Waals surface area contributed by atoms with Crippen LogP contribution in [0.25, 0.3) is 0 Å². The fraction of sp³-hybridized carbons (Fsp3) is 0.333. The summed E-state index contributed by atoms with van der Waals surface area (Å²) in [5.74, 6) is 1.58. The molecule has 1 fully saturated rings. The first-order chi connectivity index (χ1) is 13.1. The summed E-state index contributed by atoms with van der Waals surface area (Å²) < 4.78 is 5.90. The van der Waals surface area contributed by atoms with Crippen molar-refractivity contribution in [2.75, 3.05) is 13.1 Å². The molecule has 0 atom stereocenters. The van der Waals surface area contributed by atoms with Gasteiger partial charge in [0.15, 0.2) is 0 Å². The van der Waals surface area contributed by atoms with Gasteiger partial charge in [0.1, 0.15) is 17.1 Å². The SMILES string of the molecule is Cc1cc(CN2CCC(O)(c3ccn[nH]3)CC2)ccc1Oc1cccnc1. The molecule has 0 saturated carbocycles. The van der Waals surface area contributed by atoms with Gasteiger partial charge >= 0.3 is 0 Å². The average Bonchev–Trinajstić information content (AvgIpc) is 3.23. The third kappa shape index (κ3) is 4.02. The molecule has 4 rings (SSSR count). The number of likely N-dealkylation sites (tertiary alicyclic amines) is 1. The summed E-state index contributed by atoms with van der Waals surface area (Å²) in [6, 6.07) is 11.9. The molecule has 1 aliphatic heterocycles. The summed E-state index contributed by atoms with van der Waals surface area (Å²) in [5.41, 5.74) is 2.37. The van der Waals surface area contributed by atoms with Crippen LogP contribution >= 0.6 is 0 Å². The van der Waals surface area contributed by atoms with Crippen molar-refractivity contribution in [1.82, 2.24) is 20.1 Å². The third-order valence-corrected chi connectivity index (χ3v) is 5.19. The van der Waals surface area contributed by atoms with Crippen LogP contribution in [0.1, 0.15) is 29.7 Å². The van der Waals surface area contributed by atoms with E-state index in [2.05, 4.69) is 39.1 Å². The van der Waals surface area contributed by atoms with Gasteiger partial charge in [0.05, 0.1) is 11.9 Å². The lowest BCUT2D eigenvalue weighted by Gasteiger charge is -2.37. The molecule has 0 amide bonds. The van der Waals surface area contributed by atoms with Crippen LogP contribution in [0.5, 0.6) is 11.5 Å². The van der Waals surface area contributed by atoms with Crippen molar-refractivity contribution in [2.45, 2.75) is 31.9 Å². The molecule has 0 unspecified atom stereocenters.